The first kappa shape index (κ1) is 13.9. The number of aliphatic carboxylic acids is 1. The second-order valence-corrected chi connectivity index (χ2v) is 4.67. The van der Waals surface area contributed by atoms with E-state index in [0.29, 0.717) is 10.9 Å². The van der Waals surface area contributed by atoms with Crippen LogP contribution in [0, 0.1) is 10.1 Å². The van der Waals surface area contributed by atoms with Gasteiger partial charge in [-0.2, -0.15) is 0 Å². The van der Waals surface area contributed by atoms with E-state index in [4.69, 9.17) is 5.11 Å². The van der Waals surface area contributed by atoms with Gasteiger partial charge in [0.25, 0.3) is 5.69 Å². The predicted molar refractivity (Wildman–Crippen MR) is 68.1 cm³/mol. The summed E-state index contributed by atoms with van der Waals surface area (Å²) in [5, 5.41) is 30.3. The molecule has 0 amide bonds. The highest BCUT2D eigenvalue weighted by Gasteiger charge is 2.10. The number of tetrazole rings is 1. The first-order valence-electron chi connectivity index (χ1n) is 5.40. The third-order valence-electron chi connectivity index (χ3n) is 2.30. The Labute approximate surface area is 116 Å². The number of non-ortho nitro benzene ring substituents is 1. The Morgan fingerprint density at radius 2 is 2.10 bits per heavy atom. The monoisotopic (exact) mass is 295 g/mol. The van der Waals surface area contributed by atoms with Gasteiger partial charge < -0.3 is 5.11 Å². The highest BCUT2D eigenvalue weighted by atomic mass is 32.2. The average Bonchev–Trinajstić information content (AvgIpc) is 2.83. The third-order valence-corrected chi connectivity index (χ3v) is 3.33. The smallest absolute Gasteiger partial charge is 0.325 e. The Morgan fingerprint density at radius 1 is 1.40 bits per heavy atom. The van der Waals surface area contributed by atoms with Crippen LogP contribution in [-0.4, -0.2) is 36.2 Å². The molecule has 9 nitrogen and oxygen atoms in total. The lowest BCUT2D eigenvalue weighted by Gasteiger charge is -2.01. The number of aromatic nitrogens is 4. The van der Waals surface area contributed by atoms with Crippen molar-refractivity contribution in [2.75, 3.05) is 0 Å². The summed E-state index contributed by atoms with van der Waals surface area (Å²) in [7, 11) is 0. The fourth-order valence-corrected chi connectivity index (χ4v) is 2.22. The van der Waals surface area contributed by atoms with E-state index < -0.39 is 10.9 Å². The predicted octanol–water partition coefficient (Wildman–Crippen LogP) is 0.958. The summed E-state index contributed by atoms with van der Waals surface area (Å²) in [6.45, 7) is -0.310. The molecule has 0 bridgehead atoms. The average molecular weight is 295 g/mol. The van der Waals surface area contributed by atoms with Crippen molar-refractivity contribution in [2.45, 2.75) is 17.5 Å². The van der Waals surface area contributed by atoms with E-state index in [1.807, 2.05) is 0 Å². The molecule has 1 aromatic heterocycles. The maximum atomic E-state index is 10.6. The SMILES string of the molecule is O=C(O)Cn1nnnc1SCc1ccc([N+](=O)[O-])cc1. The number of thioether (sulfide) groups is 1. The van der Waals surface area contributed by atoms with Gasteiger partial charge in [-0.25, -0.2) is 4.68 Å². The number of hydrogen-bond acceptors (Lipinski definition) is 7. The van der Waals surface area contributed by atoms with Gasteiger partial charge in [-0.05, 0) is 16.0 Å². The summed E-state index contributed by atoms with van der Waals surface area (Å²) in [4.78, 5) is 20.7. The molecule has 2 rings (SSSR count). The van der Waals surface area contributed by atoms with E-state index >= 15 is 0 Å². The molecule has 0 aliphatic carbocycles. The molecule has 20 heavy (non-hydrogen) atoms. The Bertz CT molecular complexity index is 627. The van der Waals surface area contributed by atoms with Crippen LogP contribution in [0.5, 0.6) is 0 Å². The molecule has 0 spiro atoms. The lowest BCUT2D eigenvalue weighted by Crippen LogP contribution is -2.11. The topological polar surface area (TPSA) is 124 Å². The maximum absolute atomic E-state index is 10.6. The molecule has 0 saturated heterocycles. The Hall–Kier alpha value is -2.49. The minimum absolute atomic E-state index is 0.0226. The molecule has 104 valence electrons. The molecule has 0 saturated carbocycles. The zero-order valence-corrected chi connectivity index (χ0v) is 10.9. The number of rotatable bonds is 6. The van der Waals surface area contributed by atoms with Gasteiger partial charge in [0, 0.05) is 17.9 Å². The van der Waals surface area contributed by atoms with Crippen LogP contribution in [0.2, 0.25) is 0 Å². The molecule has 2 aromatic rings. The summed E-state index contributed by atoms with van der Waals surface area (Å²) in [5.74, 6) is -0.549. The van der Waals surface area contributed by atoms with Crippen LogP contribution in [0.3, 0.4) is 0 Å². The van der Waals surface area contributed by atoms with Crippen LogP contribution >= 0.6 is 11.8 Å². The number of carboxylic acids is 1. The normalized spacial score (nSPS) is 10.4. The third kappa shape index (κ3) is 3.51. The quantitative estimate of drug-likeness (QED) is 0.474. The van der Waals surface area contributed by atoms with Gasteiger partial charge in [0.05, 0.1) is 4.92 Å². The van der Waals surface area contributed by atoms with E-state index in [0.717, 1.165) is 5.56 Å². The molecular weight excluding hydrogens is 286 g/mol. The molecule has 1 aromatic carbocycles. The summed E-state index contributed by atoms with van der Waals surface area (Å²) in [6.07, 6.45) is 0. The summed E-state index contributed by atoms with van der Waals surface area (Å²) >= 11 is 1.26. The molecule has 10 heteroatoms. The van der Waals surface area contributed by atoms with Crippen molar-refractivity contribution in [1.29, 1.82) is 0 Å². The second-order valence-electron chi connectivity index (χ2n) is 3.73. The zero-order chi connectivity index (χ0) is 14.5. The number of nitro benzene ring substituents is 1. The van der Waals surface area contributed by atoms with Gasteiger partial charge in [-0.1, -0.05) is 23.9 Å². The Balaban J connectivity index is 2.00. The summed E-state index contributed by atoms with van der Waals surface area (Å²) in [5.41, 5.74) is 0.875. The second kappa shape index (κ2) is 6.10. The zero-order valence-electron chi connectivity index (χ0n) is 10.0. The first-order chi connectivity index (χ1) is 9.56. The van der Waals surface area contributed by atoms with Crippen molar-refractivity contribution < 1.29 is 14.8 Å². The van der Waals surface area contributed by atoms with E-state index in [-0.39, 0.29) is 12.2 Å². The van der Waals surface area contributed by atoms with Crippen molar-refractivity contribution in [1.82, 2.24) is 20.2 Å². The molecule has 0 fully saturated rings. The lowest BCUT2D eigenvalue weighted by atomic mass is 10.2. The summed E-state index contributed by atoms with van der Waals surface area (Å²) in [6, 6.07) is 6.10. The van der Waals surface area contributed by atoms with E-state index in [9.17, 15) is 14.9 Å². The fourth-order valence-electron chi connectivity index (χ4n) is 1.39. The van der Waals surface area contributed by atoms with Gasteiger partial charge in [0.1, 0.15) is 6.54 Å². The van der Waals surface area contributed by atoms with Crippen LogP contribution < -0.4 is 0 Å². The number of carboxylic acid groups (broad SMARTS) is 1. The molecule has 0 aliphatic rings. The van der Waals surface area contributed by atoms with Crippen LogP contribution in [0.25, 0.3) is 0 Å². The van der Waals surface area contributed by atoms with Crippen molar-refractivity contribution in [3.63, 3.8) is 0 Å². The van der Waals surface area contributed by atoms with Gasteiger partial charge in [0.2, 0.25) is 5.16 Å². The van der Waals surface area contributed by atoms with E-state index in [1.165, 1.54) is 28.6 Å². The number of hydrogen-bond donors (Lipinski definition) is 1. The van der Waals surface area contributed by atoms with Gasteiger partial charge in [-0.3, -0.25) is 14.9 Å². The first-order valence-corrected chi connectivity index (χ1v) is 6.39. The highest BCUT2D eigenvalue weighted by Crippen LogP contribution is 2.21. The Morgan fingerprint density at radius 3 is 2.70 bits per heavy atom. The van der Waals surface area contributed by atoms with Crippen LogP contribution in [0.4, 0.5) is 5.69 Å². The molecule has 0 atom stereocenters. The van der Waals surface area contributed by atoms with Crippen LogP contribution in [-0.2, 0) is 17.1 Å². The lowest BCUT2D eigenvalue weighted by molar-refractivity contribution is -0.384. The van der Waals surface area contributed by atoms with Gasteiger partial charge in [0.15, 0.2) is 0 Å². The fraction of sp³-hybridized carbons (Fsp3) is 0.200. The number of nitro groups is 1. The molecule has 1 heterocycles. The largest absolute Gasteiger partial charge is 0.480 e. The number of benzene rings is 1. The summed E-state index contributed by atoms with van der Waals surface area (Å²) < 4.78 is 1.18. The number of carbonyl (C=O) groups is 1. The minimum atomic E-state index is -1.03. The van der Waals surface area contributed by atoms with Gasteiger partial charge in [-0.15, -0.1) is 5.10 Å². The van der Waals surface area contributed by atoms with Crippen LogP contribution in [0.15, 0.2) is 29.4 Å². The van der Waals surface area contributed by atoms with E-state index in [2.05, 4.69) is 15.5 Å². The number of nitrogens with zero attached hydrogens (tertiary/aromatic N) is 5. The van der Waals surface area contributed by atoms with Crippen LogP contribution in [0.1, 0.15) is 5.56 Å². The standard InChI is InChI=1S/C10H9N5O4S/c16-9(17)5-14-10(11-12-13-14)20-6-7-1-3-8(4-2-7)15(18)19/h1-4H,5-6H2,(H,16,17). The molecule has 0 unspecified atom stereocenters. The molecular formula is C10H9N5O4S. The maximum Gasteiger partial charge on any atom is 0.325 e. The molecule has 0 aliphatic heterocycles. The molecule has 0 radical (unpaired) electrons. The van der Waals surface area contributed by atoms with Crippen molar-refractivity contribution >= 4 is 23.4 Å². The molecule has 1 N–H and O–H groups in total. The van der Waals surface area contributed by atoms with Gasteiger partial charge >= 0.3 is 5.97 Å². The Kier molecular flexibility index (Phi) is 4.25. The minimum Gasteiger partial charge on any atom is -0.480 e. The van der Waals surface area contributed by atoms with E-state index in [1.54, 1.807) is 12.1 Å². The highest BCUT2D eigenvalue weighted by molar-refractivity contribution is 7.98. The van der Waals surface area contributed by atoms with Crippen molar-refractivity contribution in [2.24, 2.45) is 0 Å². The van der Waals surface area contributed by atoms with Crippen molar-refractivity contribution in [3.05, 3.63) is 39.9 Å². The van der Waals surface area contributed by atoms with Crippen molar-refractivity contribution in [3.8, 4) is 0 Å².